The summed E-state index contributed by atoms with van der Waals surface area (Å²) in [5, 5.41) is 6.53. The van der Waals surface area contributed by atoms with E-state index in [1.165, 1.54) is 0 Å². The lowest BCUT2D eigenvalue weighted by atomic mass is 10.0. The van der Waals surface area contributed by atoms with Gasteiger partial charge in [0.25, 0.3) is 5.91 Å². The van der Waals surface area contributed by atoms with E-state index in [0.29, 0.717) is 29.6 Å². The Morgan fingerprint density at radius 3 is 2.84 bits per heavy atom. The highest BCUT2D eigenvalue weighted by Crippen LogP contribution is 2.17. The zero-order valence-corrected chi connectivity index (χ0v) is 16.3. The maximum absolute atomic E-state index is 13.0. The number of likely N-dealkylation sites (N-methyl/N-ethyl adjacent to an activating group) is 1. The Morgan fingerprint density at radius 1 is 1.40 bits per heavy atom. The Kier molecular flexibility index (Phi) is 8.06. The molecule has 1 aliphatic rings. The quantitative estimate of drug-likeness (QED) is 0.759. The van der Waals surface area contributed by atoms with Crippen molar-refractivity contribution in [3.8, 4) is 0 Å². The summed E-state index contributed by atoms with van der Waals surface area (Å²) in [4.78, 5) is 27.4. The van der Waals surface area contributed by atoms with E-state index in [9.17, 15) is 9.59 Å². The third-order valence-electron chi connectivity index (χ3n) is 4.47. The monoisotopic (exact) mass is 383 g/mol. The lowest BCUT2D eigenvalue weighted by molar-refractivity contribution is -0.134. The number of piperidine rings is 1. The highest BCUT2D eigenvalue weighted by molar-refractivity contribution is 7.98. The van der Waals surface area contributed by atoms with Gasteiger partial charge in [-0.25, -0.2) is 0 Å². The average Bonchev–Trinajstić information content (AvgIpc) is 2.64. The molecule has 1 aliphatic heterocycles. The second kappa shape index (κ2) is 10.0. The first-order valence-electron chi connectivity index (χ1n) is 8.57. The third-order valence-corrected chi connectivity index (χ3v) is 5.45. The topological polar surface area (TPSA) is 61.4 Å². The van der Waals surface area contributed by atoms with Gasteiger partial charge in [0.05, 0.1) is 10.6 Å². The Hall–Kier alpha value is -1.24. The molecule has 1 aromatic rings. The number of amides is 2. The van der Waals surface area contributed by atoms with Crippen molar-refractivity contribution >= 4 is 35.2 Å². The Labute approximate surface area is 158 Å². The molecular formula is C18H26ClN3O2S. The summed E-state index contributed by atoms with van der Waals surface area (Å²) >= 11 is 7.77. The maximum Gasteiger partial charge on any atom is 0.253 e. The molecule has 25 heavy (non-hydrogen) atoms. The van der Waals surface area contributed by atoms with E-state index in [0.717, 1.165) is 25.1 Å². The van der Waals surface area contributed by atoms with Crippen molar-refractivity contribution in [2.24, 2.45) is 0 Å². The van der Waals surface area contributed by atoms with Crippen molar-refractivity contribution in [2.75, 3.05) is 32.1 Å². The van der Waals surface area contributed by atoms with E-state index in [1.807, 2.05) is 18.2 Å². The maximum atomic E-state index is 13.0. The van der Waals surface area contributed by atoms with Gasteiger partial charge in [-0.1, -0.05) is 23.7 Å². The average molecular weight is 384 g/mol. The standard InChI is InChI=1S/C18H26ClN3O2S/c1-20-13-6-5-10-22(12-13)18(24)16(9-11-25-2)21-17(23)14-7-3-4-8-15(14)19/h3-4,7-8,13,16,20H,5-6,9-12H2,1-2H3,(H,21,23). The van der Waals surface area contributed by atoms with Gasteiger partial charge in [0, 0.05) is 19.1 Å². The van der Waals surface area contributed by atoms with Crippen LogP contribution in [0.5, 0.6) is 0 Å². The molecule has 1 saturated heterocycles. The lowest BCUT2D eigenvalue weighted by Gasteiger charge is -2.35. The molecule has 0 spiro atoms. The molecule has 0 aliphatic carbocycles. The summed E-state index contributed by atoms with van der Waals surface area (Å²) in [6.07, 6.45) is 4.65. The molecule has 0 aromatic heterocycles. The van der Waals surface area contributed by atoms with Crippen molar-refractivity contribution in [3.05, 3.63) is 34.9 Å². The van der Waals surface area contributed by atoms with E-state index in [1.54, 1.807) is 36.0 Å². The summed E-state index contributed by atoms with van der Waals surface area (Å²) < 4.78 is 0. The summed E-state index contributed by atoms with van der Waals surface area (Å²) in [6, 6.07) is 6.69. The number of benzene rings is 1. The minimum absolute atomic E-state index is 0.00518. The molecule has 2 N–H and O–H groups in total. The van der Waals surface area contributed by atoms with Crippen LogP contribution in [0.2, 0.25) is 5.02 Å². The normalized spacial score (nSPS) is 18.7. The van der Waals surface area contributed by atoms with Crippen LogP contribution in [0, 0.1) is 0 Å². The first kappa shape index (κ1) is 20.1. The predicted octanol–water partition coefficient (Wildman–Crippen LogP) is 2.40. The number of carbonyl (C=O) groups is 2. The number of likely N-dealkylation sites (tertiary alicyclic amines) is 1. The van der Waals surface area contributed by atoms with Gasteiger partial charge in [-0.2, -0.15) is 11.8 Å². The minimum Gasteiger partial charge on any atom is -0.340 e. The largest absolute Gasteiger partial charge is 0.340 e. The third kappa shape index (κ3) is 5.62. The molecule has 2 amide bonds. The van der Waals surface area contributed by atoms with Crippen LogP contribution in [-0.2, 0) is 4.79 Å². The van der Waals surface area contributed by atoms with Crippen LogP contribution in [0.25, 0.3) is 0 Å². The summed E-state index contributed by atoms with van der Waals surface area (Å²) in [5.74, 6) is 0.504. The van der Waals surface area contributed by atoms with Gasteiger partial charge in [-0.15, -0.1) is 0 Å². The molecule has 7 heteroatoms. The van der Waals surface area contributed by atoms with Gasteiger partial charge in [0.15, 0.2) is 0 Å². The van der Waals surface area contributed by atoms with Gasteiger partial charge in [0.1, 0.15) is 6.04 Å². The smallest absolute Gasteiger partial charge is 0.253 e. The van der Waals surface area contributed by atoms with Crippen molar-refractivity contribution < 1.29 is 9.59 Å². The molecule has 2 unspecified atom stereocenters. The number of halogens is 1. The van der Waals surface area contributed by atoms with Crippen molar-refractivity contribution in [1.29, 1.82) is 0 Å². The molecule has 138 valence electrons. The molecular weight excluding hydrogens is 358 g/mol. The summed E-state index contributed by atoms with van der Waals surface area (Å²) in [7, 11) is 1.92. The number of nitrogens with one attached hydrogen (secondary N) is 2. The van der Waals surface area contributed by atoms with E-state index < -0.39 is 6.04 Å². The predicted molar refractivity (Wildman–Crippen MR) is 104 cm³/mol. The van der Waals surface area contributed by atoms with Crippen LogP contribution in [0.3, 0.4) is 0 Å². The molecule has 1 aromatic carbocycles. The molecule has 0 radical (unpaired) electrons. The molecule has 1 fully saturated rings. The Balaban J connectivity index is 2.08. The fourth-order valence-corrected chi connectivity index (χ4v) is 3.70. The van der Waals surface area contributed by atoms with Crippen molar-refractivity contribution in [3.63, 3.8) is 0 Å². The molecule has 5 nitrogen and oxygen atoms in total. The highest BCUT2D eigenvalue weighted by atomic mass is 35.5. The Morgan fingerprint density at radius 2 is 2.16 bits per heavy atom. The van der Waals surface area contributed by atoms with E-state index >= 15 is 0 Å². The van der Waals surface area contributed by atoms with E-state index in [-0.39, 0.29) is 11.8 Å². The van der Waals surface area contributed by atoms with Gasteiger partial charge >= 0.3 is 0 Å². The molecule has 0 bridgehead atoms. The lowest BCUT2D eigenvalue weighted by Crippen LogP contribution is -2.54. The van der Waals surface area contributed by atoms with Crippen molar-refractivity contribution in [1.82, 2.24) is 15.5 Å². The van der Waals surface area contributed by atoms with Gasteiger partial charge in [-0.3, -0.25) is 9.59 Å². The van der Waals surface area contributed by atoms with Crippen LogP contribution in [0.1, 0.15) is 29.6 Å². The van der Waals surface area contributed by atoms with Crippen LogP contribution in [-0.4, -0.2) is 60.9 Å². The second-order valence-corrected chi connectivity index (χ2v) is 7.59. The summed E-state index contributed by atoms with van der Waals surface area (Å²) in [6.45, 7) is 1.43. The van der Waals surface area contributed by atoms with Gasteiger partial charge in [-0.05, 0) is 50.5 Å². The second-order valence-electron chi connectivity index (χ2n) is 6.20. The molecule has 0 saturated carbocycles. The van der Waals surface area contributed by atoms with E-state index in [2.05, 4.69) is 10.6 Å². The number of hydrogen-bond donors (Lipinski definition) is 2. The van der Waals surface area contributed by atoms with Crippen LogP contribution >= 0.6 is 23.4 Å². The van der Waals surface area contributed by atoms with Gasteiger partial charge in [0.2, 0.25) is 5.91 Å². The number of hydrogen-bond acceptors (Lipinski definition) is 4. The highest BCUT2D eigenvalue weighted by Gasteiger charge is 2.29. The Bertz CT molecular complexity index is 599. The molecule has 2 rings (SSSR count). The first-order chi connectivity index (χ1) is 12.1. The fraction of sp³-hybridized carbons (Fsp3) is 0.556. The van der Waals surface area contributed by atoms with Crippen LogP contribution in [0.4, 0.5) is 0 Å². The van der Waals surface area contributed by atoms with Crippen LogP contribution in [0.15, 0.2) is 24.3 Å². The fourth-order valence-electron chi connectivity index (χ4n) is 3.01. The summed E-state index contributed by atoms with van der Waals surface area (Å²) in [5.41, 5.74) is 0.401. The van der Waals surface area contributed by atoms with Crippen molar-refractivity contribution in [2.45, 2.75) is 31.3 Å². The molecule has 1 heterocycles. The van der Waals surface area contributed by atoms with Gasteiger partial charge < -0.3 is 15.5 Å². The first-order valence-corrected chi connectivity index (χ1v) is 10.3. The SMILES string of the molecule is CNC1CCCN(C(=O)C(CCSC)NC(=O)c2ccccc2Cl)C1. The zero-order valence-electron chi connectivity index (χ0n) is 14.8. The zero-order chi connectivity index (χ0) is 18.2. The number of thioether (sulfide) groups is 1. The van der Waals surface area contributed by atoms with E-state index in [4.69, 9.17) is 11.6 Å². The number of carbonyl (C=O) groups excluding carboxylic acids is 2. The number of rotatable bonds is 7. The molecule has 2 atom stereocenters. The minimum atomic E-state index is -0.521. The number of nitrogens with zero attached hydrogens (tertiary/aromatic N) is 1. The van der Waals surface area contributed by atoms with Crippen LogP contribution < -0.4 is 10.6 Å².